The lowest BCUT2D eigenvalue weighted by Gasteiger charge is -2.52. The van der Waals surface area contributed by atoms with E-state index in [0.717, 1.165) is 18.5 Å². The van der Waals surface area contributed by atoms with Crippen molar-refractivity contribution in [2.45, 2.75) is 52.1 Å². The number of quaternary nitrogens is 1. The average molecular weight is 346 g/mol. The Morgan fingerprint density at radius 3 is 2.43 bits per heavy atom. The van der Waals surface area contributed by atoms with E-state index in [1.54, 1.807) is 0 Å². The molecule has 0 aliphatic heterocycles. The average Bonchev–Trinajstić information content (AvgIpc) is 2.42. The standard InChI is InChI=1S/C17H29ClN2O3/c1-12(15(22)23-7)20(5,6)17(4)9-13(19-14(21)10-18)8-16(2,3)11-17/h9,12H,8,10-11H2,1-7H3/p+1. The van der Waals surface area contributed by atoms with E-state index >= 15 is 0 Å². The molecule has 0 spiro atoms. The van der Waals surface area contributed by atoms with Crippen molar-refractivity contribution in [2.24, 2.45) is 5.41 Å². The summed E-state index contributed by atoms with van der Waals surface area (Å²) in [5.41, 5.74) is 0.561. The van der Waals surface area contributed by atoms with Gasteiger partial charge in [-0.3, -0.25) is 4.79 Å². The first-order valence-electron chi connectivity index (χ1n) is 7.88. The van der Waals surface area contributed by atoms with Crippen LogP contribution < -0.4 is 5.32 Å². The lowest BCUT2D eigenvalue weighted by atomic mass is 9.69. The Labute approximate surface area is 144 Å². The Morgan fingerprint density at radius 1 is 1.39 bits per heavy atom. The van der Waals surface area contributed by atoms with Crippen LogP contribution in [-0.4, -0.2) is 55.0 Å². The molecule has 1 aliphatic carbocycles. The summed E-state index contributed by atoms with van der Waals surface area (Å²) in [6.07, 6.45) is 3.76. The van der Waals surface area contributed by atoms with Crippen LogP contribution in [0.4, 0.5) is 0 Å². The summed E-state index contributed by atoms with van der Waals surface area (Å²) in [4.78, 5) is 23.7. The highest BCUT2D eigenvalue weighted by Crippen LogP contribution is 2.45. The van der Waals surface area contributed by atoms with Gasteiger partial charge in [0.15, 0.2) is 6.04 Å². The predicted molar refractivity (Wildman–Crippen MR) is 92.0 cm³/mol. The summed E-state index contributed by atoms with van der Waals surface area (Å²) in [6.45, 7) is 8.35. The van der Waals surface area contributed by atoms with Crippen LogP contribution in [0.5, 0.6) is 0 Å². The number of likely N-dealkylation sites (N-methyl/N-ethyl adjacent to an activating group) is 1. The molecule has 5 nitrogen and oxygen atoms in total. The van der Waals surface area contributed by atoms with Gasteiger partial charge in [-0.2, -0.15) is 0 Å². The van der Waals surface area contributed by atoms with Gasteiger partial charge in [0.05, 0.1) is 21.2 Å². The van der Waals surface area contributed by atoms with Crippen LogP contribution in [0.2, 0.25) is 0 Å². The van der Waals surface area contributed by atoms with Crippen LogP contribution in [0.25, 0.3) is 0 Å². The number of hydrogen-bond acceptors (Lipinski definition) is 3. The Kier molecular flexibility index (Phi) is 5.92. The molecule has 0 fully saturated rings. The summed E-state index contributed by atoms with van der Waals surface area (Å²) < 4.78 is 5.38. The summed E-state index contributed by atoms with van der Waals surface area (Å²) in [6, 6.07) is -0.319. The Bertz CT molecular complexity index is 514. The topological polar surface area (TPSA) is 55.4 Å². The number of allylic oxidation sites excluding steroid dienone is 1. The highest BCUT2D eigenvalue weighted by molar-refractivity contribution is 6.27. The first kappa shape index (κ1) is 20.0. The maximum Gasteiger partial charge on any atom is 0.364 e. The molecule has 23 heavy (non-hydrogen) atoms. The SMILES string of the molecule is COC(=O)C(C)[N+](C)(C)C1(C)C=C(NC(=O)CCl)CC(C)(C)C1. The molecular formula is C17H30ClN2O3+. The number of rotatable bonds is 5. The van der Waals surface area contributed by atoms with E-state index in [0.29, 0.717) is 4.48 Å². The summed E-state index contributed by atoms with van der Waals surface area (Å²) in [5, 5.41) is 2.90. The number of alkyl halides is 1. The van der Waals surface area contributed by atoms with Crippen LogP contribution >= 0.6 is 11.6 Å². The van der Waals surface area contributed by atoms with Crippen molar-refractivity contribution in [1.82, 2.24) is 5.32 Å². The van der Waals surface area contributed by atoms with Crippen molar-refractivity contribution in [3.05, 3.63) is 11.8 Å². The summed E-state index contributed by atoms with van der Waals surface area (Å²) in [5.74, 6) is -0.505. The fourth-order valence-corrected chi connectivity index (χ4v) is 3.63. The molecule has 2 unspecified atom stereocenters. The van der Waals surface area contributed by atoms with Crippen molar-refractivity contribution >= 4 is 23.5 Å². The monoisotopic (exact) mass is 345 g/mol. The lowest BCUT2D eigenvalue weighted by molar-refractivity contribution is -0.947. The van der Waals surface area contributed by atoms with Crippen molar-refractivity contribution < 1.29 is 18.8 Å². The quantitative estimate of drug-likeness (QED) is 0.473. The van der Waals surface area contributed by atoms with Gasteiger partial charge in [0.1, 0.15) is 11.4 Å². The van der Waals surface area contributed by atoms with E-state index in [2.05, 4.69) is 32.2 Å². The van der Waals surface area contributed by atoms with Gasteiger partial charge < -0.3 is 14.5 Å². The van der Waals surface area contributed by atoms with Crippen molar-refractivity contribution in [2.75, 3.05) is 27.1 Å². The predicted octanol–water partition coefficient (Wildman–Crippen LogP) is 2.44. The van der Waals surface area contributed by atoms with Crippen LogP contribution in [-0.2, 0) is 14.3 Å². The Hall–Kier alpha value is -1.07. The maximum atomic E-state index is 12.1. The third-order valence-electron chi connectivity index (χ3n) is 5.24. The molecule has 0 radical (unpaired) electrons. The molecule has 1 rings (SSSR count). The molecule has 2 atom stereocenters. The number of hydrogen-bond donors (Lipinski definition) is 1. The molecule has 0 bridgehead atoms. The van der Waals surface area contributed by atoms with Gasteiger partial charge in [-0.25, -0.2) is 4.79 Å². The number of halogens is 1. The van der Waals surface area contributed by atoms with Crippen molar-refractivity contribution in [3.63, 3.8) is 0 Å². The zero-order valence-electron chi connectivity index (χ0n) is 15.3. The van der Waals surface area contributed by atoms with E-state index in [4.69, 9.17) is 16.3 Å². The molecule has 6 heteroatoms. The minimum absolute atomic E-state index is 0.00376. The number of carbonyl (C=O) groups is 2. The number of nitrogens with one attached hydrogen (secondary N) is 1. The van der Waals surface area contributed by atoms with Crippen molar-refractivity contribution in [1.29, 1.82) is 0 Å². The Balaban J connectivity index is 3.25. The van der Waals surface area contributed by atoms with E-state index in [1.165, 1.54) is 7.11 Å². The van der Waals surface area contributed by atoms with Crippen LogP contribution in [0.1, 0.15) is 40.5 Å². The first-order chi connectivity index (χ1) is 10.4. The second-order valence-electron chi connectivity index (χ2n) is 7.97. The number of carbonyl (C=O) groups excluding carboxylic acids is 2. The van der Waals surface area contributed by atoms with Gasteiger partial charge in [-0.15, -0.1) is 11.6 Å². The zero-order valence-corrected chi connectivity index (χ0v) is 16.1. The number of amides is 1. The maximum absolute atomic E-state index is 12.1. The molecule has 0 heterocycles. The second kappa shape index (κ2) is 6.81. The van der Waals surface area contributed by atoms with Crippen LogP contribution in [0, 0.1) is 5.41 Å². The van der Waals surface area contributed by atoms with Crippen LogP contribution in [0.3, 0.4) is 0 Å². The smallest absolute Gasteiger partial charge is 0.364 e. The summed E-state index contributed by atoms with van der Waals surface area (Å²) >= 11 is 5.61. The number of methoxy groups -OCH3 is 1. The third kappa shape index (κ3) is 4.27. The van der Waals surface area contributed by atoms with Gasteiger partial charge in [-0.05, 0) is 31.8 Å². The molecule has 0 saturated heterocycles. The lowest BCUT2D eigenvalue weighted by Crippen LogP contribution is -2.65. The highest BCUT2D eigenvalue weighted by atomic mass is 35.5. The molecule has 1 aliphatic rings. The fourth-order valence-electron chi connectivity index (χ4n) is 3.56. The normalized spacial score (nSPS) is 25.3. The largest absolute Gasteiger partial charge is 0.465 e. The van der Waals surface area contributed by atoms with E-state index in [-0.39, 0.29) is 34.8 Å². The third-order valence-corrected chi connectivity index (χ3v) is 5.48. The van der Waals surface area contributed by atoms with Gasteiger partial charge in [0, 0.05) is 12.1 Å². The fraction of sp³-hybridized carbons (Fsp3) is 0.765. The first-order valence-corrected chi connectivity index (χ1v) is 8.41. The van der Waals surface area contributed by atoms with Crippen LogP contribution in [0.15, 0.2) is 11.8 Å². The van der Waals surface area contributed by atoms with Gasteiger partial charge >= 0.3 is 5.97 Å². The molecule has 0 aromatic rings. The van der Waals surface area contributed by atoms with E-state index in [9.17, 15) is 9.59 Å². The molecule has 132 valence electrons. The van der Waals surface area contributed by atoms with Gasteiger partial charge in [-0.1, -0.05) is 13.8 Å². The van der Waals surface area contributed by atoms with E-state index < -0.39 is 0 Å². The Morgan fingerprint density at radius 2 is 1.96 bits per heavy atom. The number of nitrogens with zero attached hydrogens (tertiary/aromatic N) is 1. The molecule has 1 amide bonds. The minimum Gasteiger partial charge on any atom is -0.465 e. The molecule has 0 aromatic heterocycles. The summed E-state index contributed by atoms with van der Waals surface area (Å²) in [7, 11) is 5.47. The highest BCUT2D eigenvalue weighted by Gasteiger charge is 2.51. The molecule has 0 aromatic carbocycles. The number of ether oxygens (including phenoxy) is 1. The molecule has 0 saturated carbocycles. The van der Waals surface area contributed by atoms with Gasteiger partial charge in [0.2, 0.25) is 5.91 Å². The number of esters is 1. The zero-order chi connectivity index (χ0) is 18.1. The second-order valence-corrected chi connectivity index (χ2v) is 8.23. The molecule has 1 N–H and O–H groups in total. The van der Waals surface area contributed by atoms with Gasteiger partial charge in [0.25, 0.3) is 0 Å². The van der Waals surface area contributed by atoms with E-state index in [1.807, 2.05) is 21.0 Å². The minimum atomic E-state index is -0.319. The van der Waals surface area contributed by atoms with Crippen molar-refractivity contribution in [3.8, 4) is 0 Å². The molecular weight excluding hydrogens is 316 g/mol.